The van der Waals surface area contributed by atoms with Crippen LogP contribution in [0.3, 0.4) is 0 Å². The molecule has 2 rings (SSSR count). The standard InChI is InChI=1S/C13H20ClNO2S2/c1-4-11-6-5-10(3)15(11)19(16,17)13-7-9(2)12(8-14)18-13/h7,10-11H,4-6,8H2,1-3H3. The first kappa shape index (κ1) is 15.3. The molecule has 0 spiro atoms. The molecule has 2 unspecified atom stereocenters. The second-order valence-corrected chi connectivity index (χ2v) is 8.60. The van der Waals surface area contributed by atoms with Crippen LogP contribution in [0.4, 0.5) is 0 Å². The lowest BCUT2D eigenvalue weighted by Gasteiger charge is -2.26. The number of halogens is 1. The summed E-state index contributed by atoms with van der Waals surface area (Å²) >= 11 is 7.15. The molecule has 0 saturated carbocycles. The maximum absolute atomic E-state index is 12.8. The lowest BCUT2D eigenvalue weighted by molar-refractivity contribution is 0.329. The molecule has 1 aliphatic rings. The Hall–Kier alpha value is -0.100. The Labute approximate surface area is 124 Å². The molecule has 1 aromatic heterocycles. The van der Waals surface area contributed by atoms with Crippen LogP contribution < -0.4 is 0 Å². The number of hydrogen-bond donors (Lipinski definition) is 0. The number of rotatable bonds is 4. The van der Waals surface area contributed by atoms with Crippen molar-refractivity contribution in [3.8, 4) is 0 Å². The van der Waals surface area contributed by atoms with E-state index in [0.717, 1.165) is 29.7 Å². The van der Waals surface area contributed by atoms with Gasteiger partial charge >= 0.3 is 0 Å². The predicted molar refractivity (Wildman–Crippen MR) is 80.4 cm³/mol. The minimum atomic E-state index is -3.37. The van der Waals surface area contributed by atoms with Crippen LogP contribution in [0, 0.1) is 6.92 Å². The van der Waals surface area contributed by atoms with Crippen molar-refractivity contribution in [3.05, 3.63) is 16.5 Å². The second-order valence-electron chi connectivity index (χ2n) is 5.13. The summed E-state index contributed by atoms with van der Waals surface area (Å²) in [5.74, 6) is 0.374. The van der Waals surface area contributed by atoms with Crippen molar-refractivity contribution in [3.63, 3.8) is 0 Å². The summed E-state index contributed by atoms with van der Waals surface area (Å²) in [5.41, 5.74) is 0.971. The Bertz CT molecular complexity index is 553. The first-order chi connectivity index (χ1) is 8.91. The third-order valence-electron chi connectivity index (χ3n) is 3.83. The predicted octanol–water partition coefficient (Wildman–Crippen LogP) is 3.75. The number of thiophene rings is 1. The van der Waals surface area contributed by atoms with Gasteiger partial charge in [-0.25, -0.2) is 8.42 Å². The smallest absolute Gasteiger partial charge is 0.206 e. The third-order valence-corrected chi connectivity index (χ3v) is 8.01. The van der Waals surface area contributed by atoms with E-state index < -0.39 is 10.0 Å². The van der Waals surface area contributed by atoms with E-state index in [-0.39, 0.29) is 12.1 Å². The van der Waals surface area contributed by atoms with Crippen molar-refractivity contribution in [1.82, 2.24) is 4.31 Å². The van der Waals surface area contributed by atoms with Crippen molar-refractivity contribution in [2.75, 3.05) is 0 Å². The van der Waals surface area contributed by atoms with Crippen LogP contribution in [-0.4, -0.2) is 24.8 Å². The second kappa shape index (κ2) is 5.72. The molecule has 0 bridgehead atoms. The van der Waals surface area contributed by atoms with Crippen molar-refractivity contribution >= 4 is 33.0 Å². The van der Waals surface area contributed by atoms with Crippen LogP contribution in [-0.2, 0) is 15.9 Å². The van der Waals surface area contributed by atoms with Gasteiger partial charge in [0.05, 0.1) is 5.88 Å². The molecule has 0 radical (unpaired) electrons. The number of aryl methyl sites for hydroxylation is 1. The number of alkyl halides is 1. The molecule has 19 heavy (non-hydrogen) atoms. The molecule has 0 aromatic carbocycles. The highest BCUT2D eigenvalue weighted by Gasteiger charge is 2.39. The van der Waals surface area contributed by atoms with E-state index in [1.54, 1.807) is 10.4 Å². The van der Waals surface area contributed by atoms with E-state index in [1.807, 2.05) is 13.8 Å². The number of hydrogen-bond acceptors (Lipinski definition) is 3. The summed E-state index contributed by atoms with van der Waals surface area (Å²) in [6.45, 7) is 5.96. The van der Waals surface area contributed by atoms with Gasteiger partial charge in [-0.3, -0.25) is 0 Å². The van der Waals surface area contributed by atoms with Crippen LogP contribution in [0.15, 0.2) is 10.3 Å². The van der Waals surface area contributed by atoms with E-state index in [9.17, 15) is 8.42 Å². The SMILES string of the molecule is CCC1CCC(C)N1S(=O)(=O)c1cc(C)c(CCl)s1. The molecule has 3 nitrogen and oxygen atoms in total. The lowest BCUT2D eigenvalue weighted by Crippen LogP contribution is -2.39. The van der Waals surface area contributed by atoms with E-state index in [4.69, 9.17) is 11.6 Å². The van der Waals surface area contributed by atoms with Crippen LogP contribution in [0.1, 0.15) is 43.6 Å². The van der Waals surface area contributed by atoms with Gasteiger partial charge < -0.3 is 0 Å². The molecule has 1 fully saturated rings. The summed E-state index contributed by atoms with van der Waals surface area (Å²) in [7, 11) is -3.37. The van der Waals surface area contributed by atoms with Gasteiger partial charge in [-0.2, -0.15) is 4.31 Å². The Kier molecular flexibility index (Phi) is 4.60. The van der Waals surface area contributed by atoms with E-state index in [1.165, 1.54) is 11.3 Å². The molecule has 1 aromatic rings. The van der Waals surface area contributed by atoms with Gasteiger partial charge in [-0.15, -0.1) is 22.9 Å². The summed E-state index contributed by atoms with van der Waals surface area (Å²) in [6, 6.07) is 1.99. The van der Waals surface area contributed by atoms with Gasteiger partial charge in [-0.05, 0) is 44.7 Å². The van der Waals surface area contributed by atoms with E-state index >= 15 is 0 Å². The van der Waals surface area contributed by atoms with Crippen molar-refractivity contribution in [2.45, 2.75) is 62.2 Å². The Morgan fingerprint density at radius 3 is 2.68 bits per heavy atom. The highest BCUT2D eigenvalue weighted by atomic mass is 35.5. The molecule has 6 heteroatoms. The van der Waals surface area contributed by atoms with Gasteiger partial charge in [0.15, 0.2) is 0 Å². The average molecular weight is 322 g/mol. The lowest BCUT2D eigenvalue weighted by atomic mass is 10.2. The minimum Gasteiger partial charge on any atom is -0.206 e. The first-order valence-corrected chi connectivity index (χ1v) is 9.39. The first-order valence-electron chi connectivity index (χ1n) is 6.60. The van der Waals surface area contributed by atoms with Crippen LogP contribution in [0.25, 0.3) is 0 Å². The van der Waals surface area contributed by atoms with E-state index in [2.05, 4.69) is 6.92 Å². The molecule has 108 valence electrons. The van der Waals surface area contributed by atoms with Crippen molar-refractivity contribution in [2.24, 2.45) is 0 Å². The topological polar surface area (TPSA) is 37.4 Å². The molecule has 0 N–H and O–H groups in total. The summed E-state index contributed by atoms with van der Waals surface area (Å²) in [5, 5.41) is 0. The normalized spacial score (nSPS) is 25.1. The molecular weight excluding hydrogens is 302 g/mol. The highest BCUT2D eigenvalue weighted by molar-refractivity contribution is 7.91. The van der Waals surface area contributed by atoms with E-state index in [0.29, 0.717) is 10.1 Å². The molecule has 0 amide bonds. The van der Waals surface area contributed by atoms with Gasteiger partial charge in [-0.1, -0.05) is 6.92 Å². The Balaban J connectivity index is 2.40. The van der Waals surface area contributed by atoms with Crippen molar-refractivity contribution < 1.29 is 8.42 Å². The zero-order chi connectivity index (χ0) is 14.2. The number of nitrogens with zero attached hydrogens (tertiary/aromatic N) is 1. The van der Waals surface area contributed by atoms with Gasteiger partial charge in [0.25, 0.3) is 10.0 Å². The fourth-order valence-corrected chi connectivity index (χ4v) is 6.59. The maximum atomic E-state index is 12.8. The third kappa shape index (κ3) is 2.71. The summed E-state index contributed by atoms with van der Waals surface area (Å²) in [4.78, 5) is 0.945. The Morgan fingerprint density at radius 2 is 2.16 bits per heavy atom. The van der Waals surface area contributed by atoms with Gasteiger partial charge in [0.1, 0.15) is 4.21 Å². The zero-order valence-corrected chi connectivity index (χ0v) is 13.9. The van der Waals surface area contributed by atoms with Crippen LogP contribution in [0.5, 0.6) is 0 Å². The molecule has 2 heterocycles. The highest BCUT2D eigenvalue weighted by Crippen LogP contribution is 2.36. The zero-order valence-electron chi connectivity index (χ0n) is 11.5. The van der Waals surface area contributed by atoms with Crippen molar-refractivity contribution in [1.29, 1.82) is 0 Å². The monoisotopic (exact) mass is 321 g/mol. The largest absolute Gasteiger partial charge is 0.253 e. The summed E-state index contributed by atoms with van der Waals surface area (Å²) < 4.78 is 27.7. The van der Waals surface area contributed by atoms with Crippen LogP contribution >= 0.6 is 22.9 Å². The molecule has 1 saturated heterocycles. The average Bonchev–Trinajstić information content (AvgIpc) is 2.92. The van der Waals surface area contributed by atoms with Crippen LogP contribution in [0.2, 0.25) is 0 Å². The summed E-state index contributed by atoms with van der Waals surface area (Å²) in [6.07, 6.45) is 2.78. The van der Waals surface area contributed by atoms with Gasteiger partial charge in [0.2, 0.25) is 0 Å². The van der Waals surface area contributed by atoms with Gasteiger partial charge in [0, 0.05) is 17.0 Å². The molecule has 2 atom stereocenters. The quantitative estimate of drug-likeness (QED) is 0.792. The number of sulfonamides is 1. The molecule has 0 aliphatic carbocycles. The minimum absolute atomic E-state index is 0.0943. The Morgan fingerprint density at radius 1 is 1.47 bits per heavy atom. The molecule has 1 aliphatic heterocycles. The maximum Gasteiger partial charge on any atom is 0.253 e. The molecular formula is C13H20ClNO2S2. The fourth-order valence-electron chi connectivity index (χ4n) is 2.72. The fraction of sp³-hybridized carbons (Fsp3) is 0.692.